The van der Waals surface area contributed by atoms with Crippen LogP contribution in [0.5, 0.6) is 0 Å². The van der Waals surface area contributed by atoms with Crippen LogP contribution in [0.1, 0.15) is 22.5 Å². The van der Waals surface area contributed by atoms with Crippen molar-refractivity contribution in [3.8, 4) is 0 Å². The summed E-state index contributed by atoms with van der Waals surface area (Å²) in [6.07, 6.45) is 2.59. The van der Waals surface area contributed by atoms with Gasteiger partial charge in [0.25, 0.3) is 0 Å². The molecule has 1 heterocycles. The summed E-state index contributed by atoms with van der Waals surface area (Å²) in [5.74, 6) is 4.99. The second-order valence-electron chi connectivity index (χ2n) is 4.64. The molecular formula is C12H22N4O2. The largest absolute Gasteiger partial charge is 0.459 e. The lowest BCUT2D eigenvalue weighted by Crippen LogP contribution is -2.31. The minimum absolute atomic E-state index is 0.289. The van der Waals surface area contributed by atoms with Gasteiger partial charge in [0.15, 0.2) is 5.76 Å². The summed E-state index contributed by atoms with van der Waals surface area (Å²) in [7, 11) is 6.13. The van der Waals surface area contributed by atoms with Crippen LogP contribution in [0.3, 0.4) is 0 Å². The fourth-order valence-corrected chi connectivity index (χ4v) is 1.75. The number of nitrogens with one attached hydrogen (secondary N) is 1. The minimum Gasteiger partial charge on any atom is -0.459 e. The molecule has 1 aromatic rings. The monoisotopic (exact) mass is 254 g/mol. The van der Waals surface area contributed by atoms with Crippen LogP contribution < -0.4 is 11.3 Å². The highest BCUT2D eigenvalue weighted by Gasteiger charge is 2.15. The molecular weight excluding hydrogens is 232 g/mol. The van der Waals surface area contributed by atoms with E-state index >= 15 is 0 Å². The predicted octanol–water partition coefficient (Wildman–Crippen LogP) is 0.267. The third-order valence-corrected chi connectivity index (χ3v) is 2.67. The maximum atomic E-state index is 11.4. The molecule has 0 fully saturated rings. The summed E-state index contributed by atoms with van der Waals surface area (Å²) in [5, 5.41) is 0. The van der Waals surface area contributed by atoms with E-state index in [-0.39, 0.29) is 5.76 Å². The van der Waals surface area contributed by atoms with Gasteiger partial charge in [0.05, 0.1) is 6.26 Å². The number of nitrogen functional groups attached to an aromatic ring is 1. The molecule has 0 unspecified atom stereocenters. The van der Waals surface area contributed by atoms with E-state index < -0.39 is 5.91 Å². The van der Waals surface area contributed by atoms with Crippen LogP contribution in [0.25, 0.3) is 0 Å². The quantitative estimate of drug-likeness (QED) is 0.415. The molecule has 102 valence electrons. The van der Waals surface area contributed by atoms with Crippen LogP contribution in [0, 0.1) is 0 Å². The van der Waals surface area contributed by atoms with Gasteiger partial charge in [-0.25, -0.2) is 5.84 Å². The van der Waals surface area contributed by atoms with E-state index in [0.717, 1.165) is 25.1 Å². The van der Waals surface area contributed by atoms with Gasteiger partial charge < -0.3 is 14.2 Å². The lowest BCUT2D eigenvalue weighted by Gasteiger charge is -2.17. The topological polar surface area (TPSA) is 74.7 Å². The molecule has 0 aliphatic heterocycles. The summed E-state index contributed by atoms with van der Waals surface area (Å²) in [6.45, 7) is 2.69. The third-order valence-electron chi connectivity index (χ3n) is 2.67. The molecule has 6 nitrogen and oxygen atoms in total. The Morgan fingerprint density at radius 3 is 2.72 bits per heavy atom. The Kier molecular flexibility index (Phi) is 5.84. The SMILES string of the molecule is CN(C)CCCN(C)Cc1ccoc1C(=O)NN. The standard InChI is InChI=1S/C12H22N4O2/c1-15(2)6-4-7-16(3)9-10-5-8-18-11(10)12(17)14-13/h5,8H,4,6-7,9,13H2,1-3H3,(H,14,17). The zero-order valence-corrected chi connectivity index (χ0v) is 11.3. The van der Waals surface area contributed by atoms with Crippen molar-refractivity contribution in [2.24, 2.45) is 5.84 Å². The average molecular weight is 254 g/mol. The Morgan fingerprint density at radius 1 is 1.39 bits per heavy atom. The van der Waals surface area contributed by atoms with E-state index in [0.29, 0.717) is 6.54 Å². The van der Waals surface area contributed by atoms with Gasteiger partial charge in [-0.2, -0.15) is 0 Å². The van der Waals surface area contributed by atoms with Crippen molar-refractivity contribution in [3.05, 3.63) is 23.7 Å². The van der Waals surface area contributed by atoms with E-state index in [1.807, 2.05) is 7.05 Å². The number of rotatable bonds is 7. The number of carbonyl (C=O) groups excluding carboxylic acids is 1. The van der Waals surface area contributed by atoms with Gasteiger partial charge >= 0.3 is 5.91 Å². The van der Waals surface area contributed by atoms with Crippen molar-refractivity contribution < 1.29 is 9.21 Å². The number of carbonyl (C=O) groups is 1. The van der Waals surface area contributed by atoms with Crippen molar-refractivity contribution in [1.82, 2.24) is 15.2 Å². The van der Waals surface area contributed by atoms with Crippen molar-refractivity contribution in [2.45, 2.75) is 13.0 Å². The van der Waals surface area contributed by atoms with Crippen LogP contribution in [-0.4, -0.2) is 49.9 Å². The first kappa shape index (κ1) is 14.7. The molecule has 0 atom stereocenters. The number of nitrogens with two attached hydrogens (primary N) is 1. The Morgan fingerprint density at radius 2 is 2.11 bits per heavy atom. The number of hydrazine groups is 1. The fraction of sp³-hybridized carbons (Fsp3) is 0.583. The van der Waals surface area contributed by atoms with Crippen LogP contribution in [0.2, 0.25) is 0 Å². The van der Waals surface area contributed by atoms with Crippen LogP contribution in [0.15, 0.2) is 16.7 Å². The molecule has 1 amide bonds. The molecule has 0 spiro atoms. The van der Waals surface area contributed by atoms with E-state index in [9.17, 15) is 4.79 Å². The molecule has 1 aromatic heterocycles. The fourth-order valence-electron chi connectivity index (χ4n) is 1.75. The highest BCUT2D eigenvalue weighted by atomic mass is 16.3. The summed E-state index contributed by atoms with van der Waals surface area (Å²) >= 11 is 0. The molecule has 18 heavy (non-hydrogen) atoms. The lowest BCUT2D eigenvalue weighted by atomic mass is 10.2. The second kappa shape index (κ2) is 7.15. The maximum absolute atomic E-state index is 11.4. The molecule has 0 saturated carbocycles. The van der Waals surface area contributed by atoms with Crippen molar-refractivity contribution in [3.63, 3.8) is 0 Å². The molecule has 0 bridgehead atoms. The van der Waals surface area contributed by atoms with Gasteiger partial charge in [-0.3, -0.25) is 10.2 Å². The summed E-state index contributed by atoms with van der Waals surface area (Å²) in [6, 6.07) is 1.80. The molecule has 0 radical (unpaired) electrons. The van der Waals surface area contributed by atoms with Gasteiger partial charge in [-0.1, -0.05) is 0 Å². The van der Waals surface area contributed by atoms with Crippen LogP contribution >= 0.6 is 0 Å². The Balaban J connectivity index is 2.46. The van der Waals surface area contributed by atoms with Crippen LogP contribution in [-0.2, 0) is 6.54 Å². The van der Waals surface area contributed by atoms with Gasteiger partial charge in [0.1, 0.15) is 0 Å². The number of hydrogen-bond donors (Lipinski definition) is 2. The predicted molar refractivity (Wildman–Crippen MR) is 69.9 cm³/mol. The van der Waals surface area contributed by atoms with E-state index in [1.165, 1.54) is 6.26 Å². The first-order valence-electron chi connectivity index (χ1n) is 5.95. The highest BCUT2D eigenvalue weighted by molar-refractivity contribution is 5.92. The molecule has 0 aromatic carbocycles. The highest BCUT2D eigenvalue weighted by Crippen LogP contribution is 2.12. The zero-order valence-electron chi connectivity index (χ0n) is 11.3. The Hall–Kier alpha value is -1.37. The normalized spacial score (nSPS) is 11.2. The molecule has 3 N–H and O–H groups in total. The van der Waals surface area contributed by atoms with Gasteiger partial charge in [0, 0.05) is 12.1 Å². The number of furan rings is 1. The molecule has 1 rings (SSSR count). The van der Waals surface area contributed by atoms with E-state index in [2.05, 4.69) is 29.3 Å². The number of hydrogen-bond acceptors (Lipinski definition) is 5. The molecule has 6 heteroatoms. The third kappa shape index (κ3) is 4.48. The van der Waals surface area contributed by atoms with E-state index in [4.69, 9.17) is 10.3 Å². The maximum Gasteiger partial charge on any atom is 0.301 e. The zero-order chi connectivity index (χ0) is 13.5. The first-order valence-corrected chi connectivity index (χ1v) is 5.95. The second-order valence-corrected chi connectivity index (χ2v) is 4.64. The molecule has 0 saturated heterocycles. The first-order chi connectivity index (χ1) is 8.54. The summed E-state index contributed by atoms with van der Waals surface area (Å²) in [5.41, 5.74) is 2.93. The summed E-state index contributed by atoms with van der Waals surface area (Å²) < 4.78 is 5.13. The number of nitrogens with zero attached hydrogens (tertiary/aromatic N) is 2. The smallest absolute Gasteiger partial charge is 0.301 e. The van der Waals surface area contributed by atoms with Gasteiger partial charge in [-0.05, 0) is 46.7 Å². The summed E-state index contributed by atoms with van der Waals surface area (Å²) in [4.78, 5) is 15.7. The molecule has 0 aliphatic rings. The van der Waals surface area contributed by atoms with Gasteiger partial charge in [0.2, 0.25) is 0 Å². The lowest BCUT2D eigenvalue weighted by molar-refractivity contribution is 0.0923. The average Bonchev–Trinajstić information content (AvgIpc) is 2.75. The number of amides is 1. The van der Waals surface area contributed by atoms with Crippen molar-refractivity contribution in [1.29, 1.82) is 0 Å². The molecule has 0 aliphatic carbocycles. The van der Waals surface area contributed by atoms with Crippen LogP contribution in [0.4, 0.5) is 0 Å². The van der Waals surface area contributed by atoms with Gasteiger partial charge in [-0.15, -0.1) is 0 Å². The Labute approximate surface area is 108 Å². The minimum atomic E-state index is -0.392. The van der Waals surface area contributed by atoms with E-state index in [1.54, 1.807) is 6.07 Å². The van der Waals surface area contributed by atoms with Crippen molar-refractivity contribution in [2.75, 3.05) is 34.2 Å². The van der Waals surface area contributed by atoms with Crippen molar-refractivity contribution >= 4 is 5.91 Å². The Bertz CT molecular complexity index is 376.